The molecule has 6 heteroatoms. The van der Waals surface area contributed by atoms with Crippen molar-refractivity contribution < 1.29 is 18.7 Å². The summed E-state index contributed by atoms with van der Waals surface area (Å²) in [6, 6.07) is 6.92. The Kier molecular flexibility index (Phi) is 4.93. The molecule has 0 fully saturated rings. The Morgan fingerprint density at radius 1 is 1.26 bits per heavy atom. The van der Waals surface area contributed by atoms with Gasteiger partial charge in [-0.15, -0.1) is 0 Å². The fourth-order valence-corrected chi connectivity index (χ4v) is 1.75. The van der Waals surface area contributed by atoms with Crippen LogP contribution in [0.2, 0.25) is 0 Å². The number of amides is 1. The first kappa shape index (κ1) is 16.9. The van der Waals surface area contributed by atoms with Gasteiger partial charge in [0.15, 0.2) is 12.7 Å². The van der Waals surface area contributed by atoms with Crippen LogP contribution in [0.3, 0.4) is 0 Å². The molecule has 0 bridgehead atoms. The zero-order valence-electron chi connectivity index (χ0n) is 13.8. The smallest absolute Gasteiger partial charge is 0.258 e. The highest BCUT2D eigenvalue weighted by Gasteiger charge is 2.19. The van der Waals surface area contributed by atoms with Gasteiger partial charge in [0.25, 0.3) is 5.91 Å². The van der Waals surface area contributed by atoms with Crippen LogP contribution >= 0.6 is 0 Å². The van der Waals surface area contributed by atoms with E-state index in [-0.39, 0.29) is 12.0 Å². The van der Waals surface area contributed by atoms with E-state index in [9.17, 15) is 4.79 Å². The Morgan fingerprint density at radius 3 is 2.39 bits per heavy atom. The number of carbonyl (C=O) groups excluding carboxylic acids is 1. The molecule has 2 aromatic rings. The summed E-state index contributed by atoms with van der Waals surface area (Å²) in [7, 11) is 0. The quantitative estimate of drug-likeness (QED) is 0.885. The molecule has 0 saturated carbocycles. The zero-order valence-corrected chi connectivity index (χ0v) is 13.8. The van der Waals surface area contributed by atoms with Gasteiger partial charge >= 0.3 is 0 Å². The standard InChI is InChI=1S/C17H22N2O4/c1-11(16(18)20)22-13-7-5-12(6-8-13)21-10-15-19-9-14(23-15)17(2,3)4/h5-9,11H,10H2,1-4H3,(H2,18,20). The lowest BCUT2D eigenvalue weighted by Gasteiger charge is -2.13. The van der Waals surface area contributed by atoms with E-state index in [0.29, 0.717) is 17.4 Å². The monoisotopic (exact) mass is 318 g/mol. The van der Waals surface area contributed by atoms with Crippen LogP contribution in [0.15, 0.2) is 34.9 Å². The van der Waals surface area contributed by atoms with E-state index in [1.165, 1.54) is 0 Å². The average Bonchev–Trinajstić information content (AvgIpc) is 2.95. The number of nitrogens with two attached hydrogens (primary N) is 1. The van der Waals surface area contributed by atoms with Crippen molar-refractivity contribution in [2.45, 2.75) is 45.8 Å². The van der Waals surface area contributed by atoms with Crippen molar-refractivity contribution >= 4 is 5.91 Å². The highest BCUT2D eigenvalue weighted by atomic mass is 16.5. The van der Waals surface area contributed by atoms with Crippen LogP contribution in [0.5, 0.6) is 11.5 Å². The molecule has 1 amide bonds. The third-order valence-electron chi connectivity index (χ3n) is 3.19. The molecule has 1 unspecified atom stereocenters. The number of hydrogen-bond donors (Lipinski definition) is 1. The molecule has 2 N–H and O–H groups in total. The molecule has 124 valence electrons. The van der Waals surface area contributed by atoms with Gasteiger partial charge in [-0.1, -0.05) is 20.8 Å². The maximum Gasteiger partial charge on any atom is 0.258 e. The number of rotatable bonds is 6. The summed E-state index contributed by atoms with van der Waals surface area (Å²) in [6.07, 6.45) is 1.05. The SMILES string of the molecule is CC(Oc1ccc(OCc2ncc(C(C)(C)C)o2)cc1)C(N)=O. The fourth-order valence-electron chi connectivity index (χ4n) is 1.75. The van der Waals surface area contributed by atoms with E-state index in [0.717, 1.165) is 5.76 Å². The first-order valence-electron chi connectivity index (χ1n) is 7.40. The molecule has 1 aromatic heterocycles. The number of hydrogen-bond acceptors (Lipinski definition) is 5. The van der Waals surface area contributed by atoms with E-state index in [1.54, 1.807) is 37.4 Å². The second-order valence-corrected chi connectivity index (χ2v) is 6.29. The highest BCUT2D eigenvalue weighted by molar-refractivity contribution is 5.78. The normalized spacial score (nSPS) is 12.7. The highest BCUT2D eigenvalue weighted by Crippen LogP contribution is 2.24. The Bertz CT molecular complexity index is 656. The van der Waals surface area contributed by atoms with Crippen molar-refractivity contribution in [3.05, 3.63) is 42.1 Å². The molecule has 2 rings (SSSR count). The molecule has 0 aliphatic carbocycles. The van der Waals surface area contributed by atoms with Crippen molar-refractivity contribution in [2.24, 2.45) is 5.73 Å². The summed E-state index contributed by atoms with van der Waals surface area (Å²) in [4.78, 5) is 15.2. The van der Waals surface area contributed by atoms with Crippen LogP contribution in [0.25, 0.3) is 0 Å². The molecule has 0 radical (unpaired) electrons. The minimum Gasteiger partial charge on any atom is -0.484 e. The van der Waals surface area contributed by atoms with Crippen molar-refractivity contribution in [1.82, 2.24) is 4.98 Å². The second-order valence-electron chi connectivity index (χ2n) is 6.29. The fraction of sp³-hybridized carbons (Fsp3) is 0.412. The van der Waals surface area contributed by atoms with Gasteiger partial charge in [-0.25, -0.2) is 4.98 Å². The Balaban J connectivity index is 1.91. The lowest BCUT2D eigenvalue weighted by molar-refractivity contribution is -0.123. The third-order valence-corrected chi connectivity index (χ3v) is 3.19. The van der Waals surface area contributed by atoms with Gasteiger partial charge in [0, 0.05) is 5.41 Å². The summed E-state index contributed by atoms with van der Waals surface area (Å²) in [5.74, 6) is 2.04. The Labute approximate surface area is 135 Å². The molecule has 1 aromatic carbocycles. The first-order valence-corrected chi connectivity index (χ1v) is 7.40. The molecule has 6 nitrogen and oxygen atoms in total. The lowest BCUT2D eigenvalue weighted by Crippen LogP contribution is -2.30. The van der Waals surface area contributed by atoms with Crippen LogP contribution in [0.1, 0.15) is 39.3 Å². The van der Waals surface area contributed by atoms with Gasteiger partial charge < -0.3 is 19.6 Å². The molecule has 23 heavy (non-hydrogen) atoms. The van der Waals surface area contributed by atoms with Crippen molar-refractivity contribution in [3.8, 4) is 11.5 Å². The maximum absolute atomic E-state index is 11.0. The second kappa shape index (κ2) is 6.73. The number of nitrogens with zero attached hydrogens (tertiary/aromatic N) is 1. The lowest BCUT2D eigenvalue weighted by atomic mass is 9.94. The zero-order chi connectivity index (χ0) is 17.0. The van der Waals surface area contributed by atoms with E-state index in [4.69, 9.17) is 19.6 Å². The summed E-state index contributed by atoms with van der Waals surface area (Å²) in [6.45, 7) is 8.02. The minimum absolute atomic E-state index is 0.0820. The Hall–Kier alpha value is -2.50. The van der Waals surface area contributed by atoms with Crippen molar-refractivity contribution in [1.29, 1.82) is 0 Å². The van der Waals surface area contributed by atoms with Gasteiger partial charge in [0.1, 0.15) is 17.3 Å². The predicted molar refractivity (Wildman–Crippen MR) is 85.3 cm³/mol. The molecule has 0 aliphatic rings. The summed E-state index contributed by atoms with van der Waals surface area (Å²) < 4.78 is 16.7. The van der Waals surface area contributed by atoms with Gasteiger partial charge in [-0.2, -0.15) is 0 Å². The van der Waals surface area contributed by atoms with Crippen LogP contribution in [0.4, 0.5) is 0 Å². The number of primary amides is 1. The number of carbonyl (C=O) groups is 1. The summed E-state index contributed by atoms with van der Waals surface area (Å²) >= 11 is 0. The van der Waals surface area contributed by atoms with Crippen molar-refractivity contribution in [3.63, 3.8) is 0 Å². The minimum atomic E-state index is -0.676. The van der Waals surface area contributed by atoms with Crippen molar-refractivity contribution in [2.75, 3.05) is 0 Å². The summed E-state index contributed by atoms with van der Waals surface area (Å²) in [5, 5.41) is 0. The van der Waals surface area contributed by atoms with Crippen LogP contribution < -0.4 is 15.2 Å². The molecule has 0 spiro atoms. The number of benzene rings is 1. The topological polar surface area (TPSA) is 87.6 Å². The van der Waals surface area contributed by atoms with Crippen LogP contribution in [0, 0.1) is 0 Å². The largest absolute Gasteiger partial charge is 0.484 e. The molecular weight excluding hydrogens is 296 g/mol. The number of aromatic nitrogens is 1. The van der Waals surface area contributed by atoms with E-state index in [1.807, 2.05) is 0 Å². The van der Waals surface area contributed by atoms with Gasteiger partial charge in [-0.3, -0.25) is 4.79 Å². The first-order chi connectivity index (χ1) is 10.8. The van der Waals surface area contributed by atoms with E-state index < -0.39 is 12.0 Å². The molecule has 0 aliphatic heterocycles. The van der Waals surface area contributed by atoms with Gasteiger partial charge in [-0.05, 0) is 31.2 Å². The van der Waals surface area contributed by atoms with Gasteiger partial charge in [0.2, 0.25) is 5.89 Å². The maximum atomic E-state index is 11.0. The Morgan fingerprint density at radius 2 is 1.87 bits per heavy atom. The third kappa shape index (κ3) is 4.74. The average molecular weight is 318 g/mol. The number of ether oxygens (including phenoxy) is 2. The van der Waals surface area contributed by atoms with Gasteiger partial charge in [0.05, 0.1) is 6.20 Å². The van der Waals surface area contributed by atoms with E-state index in [2.05, 4.69) is 25.8 Å². The van der Waals surface area contributed by atoms with Crippen LogP contribution in [-0.2, 0) is 16.8 Å². The molecule has 0 saturated heterocycles. The molecule has 1 heterocycles. The summed E-state index contributed by atoms with van der Waals surface area (Å²) in [5.41, 5.74) is 5.07. The number of oxazole rings is 1. The van der Waals surface area contributed by atoms with Crippen LogP contribution in [-0.4, -0.2) is 17.0 Å². The molecule has 1 atom stereocenters. The molecular formula is C17H22N2O4. The predicted octanol–water partition coefficient (Wildman–Crippen LogP) is 2.80. The van der Waals surface area contributed by atoms with E-state index >= 15 is 0 Å².